The summed E-state index contributed by atoms with van der Waals surface area (Å²) in [6.45, 7) is 3.20. The zero-order valence-electron chi connectivity index (χ0n) is 14.1. The Morgan fingerprint density at radius 2 is 1.73 bits per heavy atom. The fourth-order valence-corrected chi connectivity index (χ4v) is 3.22. The number of hydrogen-bond acceptors (Lipinski definition) is 3. The number of hydrogen-bond donors (Lipinski definition) is 3. The topological polar surface area (TPSA) is 72.8 Å². The predicted octanol–water partition coefficient (Wildman–Crippen LogP) is 2.94. The maximum Gasteiger partial charge on any atom is 0.407 e. The molecule has 0 radical (unpaired) electrons. The summed E-state index contributed by atoms with van der Waals surface area (Å²) >= 11 is 0. The van der Waals surface area contributed by atoms with E-state index in [1.807, 2.05) is 0 Å². The molecule has 22 heavy (non-hydrogen) atoms. The average Bonchev–Trinajstić information content (AvgIpc) is 2.52. The molecule has 1 amide bonds. The Labute approximate surface area is 135 Å². The summed E-state index contributed by atoms with van der Waals surface area (Å²) in [5, 5.41) is 21.1. The van der Waals surface area contributed by atoms with Crippen LogP contribution < -0.4 is 5.32 Å². The van der Waals surface area contributed by atoms with Gasteiger partial charge in [-0.2, -0.15) is 0 Å². The first-order valence-corrected chi connectivity index (χ1v) is 8.89. The summed E-state index contributed by atoms with van der Waals surface area (Å²) < 4.78 is 0. The number of nitrogens with one attached hydrogen (secondary N) is 1. The summed E-state index contributed by atoms with van der Waals surface area (Å²) in [5.41, 5.74) is 0. The van der Waals surface area contributed by atoms with Crippen LogP contribution in [0.1, 0.15) is 57.8 Å². The van der Waals surface area contributed by atoms with Gasteiger partial charge in [0.05, 0.1) is 0 Å². The number of unbranched alkanes of at least 4 members (excludes halogenated alkanes) is 3. The highest BCUT2D eigenvalue weighted by Gasteiger charge is 2.21. The average molecular weight is 314 g/mol. The van der Waals surface area contributed by atoms with Crippen LogP contribution in [0, 0.1) is 11.8 Å². The maximum atomic E-state index is 10.8. The second-order valence-electron chi connectivity index (χ2n) is 6.72. The van der Waals surface area contributed by atoms with E-state index >= 15 is 0 Å². The highest BCUT2D eigenvalue weighted by Crippen LogP contribution is 2.30. The van der Waals surface area contributed by atoms with E-state index in [4.69, 9.17) is 10.2 Å². The first-order chi connectivity index (χ1) is 10.6. The Hall–Kier alpha value is -0.810. The van der Waals surface area contributed by atoms with Crippen LogP contribution in [0.5, 0.6) is 0 Å². The number of carboxylic acid groups (broad SMARTS) is 1. The lowest BCUT2D eigenvalue weighted by Crippen LogP contribution is -2.30. The highest BCUT2D eigenvalue weighted by molar-refractivity contribution is 5.64. The zero-order valence-corrected chi connectivity index (χ0v) is 14.1. The molecule has 1 aliphatic carbocycles. The van der Waals surface area contributed by atoms with Crippen LogP contribution in [0.15, 0.2) is 0 Å². The monoisotopic (exact) mass is 314 g/mol. The van der Waals surface area contributed by atoms with Gasteiger partial charge in [0.2, 0.25) is 0 Å². The summed E-state index contributed by atoms with van der Waals surface area (Å²) in [5.74, 6) is 1.50. The number of rotatable bonds is 11. The van der Waals surface area contributed by atoms with Crippen molar-refractivity contribution in [3.05, 3.63) is 0 Å². The molecule has 0 spiro atoms. The van der Waals surface area contributed by atoms with Gasteiger partial charge in [0.1, 0.15) is 0 Å². The Morgan fingerprint density at radius 3 is 2.36 bits per heavy atom. The van der Waals surface area contributed by atoms with Crippen molar-refractivity contribution < 1.29 is 15.0 Å². The lowest BCUT2D eigenvalue weighted by molar-refractivity contribution is 0.149. The van der Waals surface area contributed by atoms with Crippen molar-refractivity contribution in [3.8, 4) is 0 Å². The minimum atomic E-state index is -0.822. The molecule has 0 bridgehead atoms. The van der Waals surface area contributed by atoms with Crippen LogP contribution in [-0.2, 0) is 0 Å². The zero-order chi connectivity index (χ0) is 16.2. The molecule has 130 valence electrons. The Kier molecular flexibility index (Phi) is 10.2. The molecule has 0 atom stereocenters. The molecule has 0 aromatic rings. The van der Waals surface area contributed by atoms with Gasteiger partial charge in [-0.25, -0.2) is 4.79 Å². The second kappa shape index (κ2) is 11.7. The van der Waals surface area contributed by atoms with Crippen molar-refractivity contribution in [2.75, 3.05) is 33.3 Å². The van der Waals surface area contributed by atoms with Gasteiger partial charge in [0.25, 0.3) is 0 Å². The van der Waals surface area contributed by atoms with Crippen molar-refractivity contribution in [1.82, 2.24) is 10.2 Å². The minimum absolute atomic E-state index is 0.318. The van der Waals surface area contributed by atoms with E-state index < -0.39 is 6.09 Å². The van der Waals surface area contributed by atoms with Gasteiger partial charge in [-0.1, -0.05) is 25.7 Å². The molecular formula is C17H34N2O3. The van der Waals surface area contributed by atoms with Crippen molar-refractivity contribution in [2.45, 2.75) is 57.8 Å². The summed E-state index contributed by atoms with van der Waals surface area (Å²) in [6, 6.07) is 0. The minimum Gasteiger partial charge on any atom is -0.465 e. The quantitative estimate of drug-likeness (QED) is 0.513. The first kappa shape index (κ1) is 19.2. The van der Waals surface area contributed by atoms with Crippen molar-refractivity contribution in [2.24, 2.45) is 11.8 Å². The van der Waals surface area contributed by atoms with Crippen molar-refractivity contribution >= 4 is 6.09 Å². The van der Waals surface area contributed by atoms with E-state index in [2.05, 4.69) is 5.32 Å². The molecule has 0 saturated heterocycles. The van der Waals surface area contributed by atoms with Crippen molar-refractivity contribution in [1.29, 1.82) is 0 Å². The molecule has 1 fully saturated rings. The Morgan fingerprint density at radius 1 is 1.09 bits per heavy atom. The normalized spacial score (nSPS) is 21.7. The Bertz CT molecular complexity index is 292. The third kappa shape index (κ3) is 8.59. The largest absolute Gasteiger partial charge is 0.465 e. The van der Waals surface area contributed by atoms with Crippen LogP contribution in [0.25, 0.3) is 0 Å². The third-order valence-corrected chi connectivity index (χ3v) is 4.86. The standard InChI is InChI=1S/C17H34N2O3/c1-19(17(21)22)12-10-15-6-8-16(9-7-15)14-18-11-4-2-3-5-13-20/h15-16,18,20H,2-14H2,1H3,(H,21,22)/t15-,16-. The van der Waals surface area contributed by atoms with Gasteiger partial charge in [-0.05, 0) is 57.0 Å². The van der Waals surface area contributed by atoms with E-state index in [-0.39, 0.29) is 0 Å². The second-order valence-corrected chi connectivity index (χ2v) is 6.72. The van der Waals surface area contributed by atoms with Gasteiger partial charge < -0.3 is 20.4 Å². The molecule has 3 N–H and O–H groups in total. The van der Waals surface area contributed by atoms with Crippen LogP contribution in [0.4, 0.5) is 4.79 Å². The SMILES string of the molecule is CN(CC[C@H]1CC[C@H](CNCCCCCCO)CC1)C(=O)O. The van der Waals surface area contributed by atoms with E-state index in [1.54, 1.807) is 7.05 Å². The molecule has 0 unspecified atom stereocenters. The van der Waals surface area contributed by atoms with Crippen LogP contribution in [-0.4, -0.2) is 54.5 Å². The number of nitrogens with zero attached hydrogens (tertiary/aromatic N) is 1. The van der Waals surface area contributed by atoms with Crippen LogP contribution in [0.2, 0.25) is 0 Å². The molecule has 1 saturated carbocycles. The van der Waals surface area contributed by atoms with E-state index in [0.717, 1.165) is 38.3 Å². The summed E-state index contributed by atoms with van der Waals surface area (Å²) in [4.78, 5) is 12.2. The number of amides is 1. The number of aliphatic hydroxyl groups is 1. The third-order valence-electron chi connectivity index (χ3n) is 4.86. The molecule has 0 aromatic carbocycles. The molecule has 0 aromatic heterocycles. The maximum absolute atomic E-state index is 10.8. The number of carbonyl (C=O) groups is 1. The fraction of sp³-hybridized carbons (Fsp3) is 0.941. The lowest BCUT2D eigenvalue weighted by atomic mass is 9.80. The lowest BCUT2D eigenvalue weighted by Gasteiger charge is -2.29. The molecule has 0 aliphatic heterocycles. The predicted molar refractivity (Wildman–Crippen MR) is 89.1 cm³/mol. The summed E-state index contributed by atoms with van der Waals surface area (Å²) in [6.07, 6.45) is 9.71. The fourth-order valence-electron chi connectivity index (χ4n) is 3.22. The van der Waals surface area contributed by atoms with Gasteiger partial charge in [0, 0.05) is 20.2 Å². The van der Waals surface area contributed by atoms with E-state index in [1.165, 1.54) is 43.4 Å². The summed E-state index contributed by atoms with van der Waals surface area (Å²) in [7, 11) is 1.65. The van der Waals surface area contributed by atoms with Crippen molar-refractivity contribution in [3.63, 3.8) is 0 Å². The molecule has 5 heteroatoms. The highest BCUT2D eigenvalue weighted by atomic mass is 16.4. The van der Waals surface area contributed by atoms with Crippen LogP contribution in [0.3, 0.4) is 0 Å². The van der Waals surface area contributed by atoms with Gasteiger partial charge in [0.15, 0.2) is 0 Å². The molecule has 1 rings (SSSR count). The Balaban J connectivity index is 1.97. The van der Waals surface area contributed by atoms with E-state index in [0.29, 0.717) is 19.1 Å². The molecular weight excluding hydrogens is 280 g/mol. The van der Waals surface area contributed by atoms with E-state index in [9.17, 15) is 4.79 Å². The smallest absolute Gasteiger partial charge is 0.407 e. The molecule has 1 aliphatic rings. The van der Waals surface area contributed by atoms with Gasteiger partial charge >= 0.3 is 6.09 Å². The molecule has 0 heterocycles. The van der Waals surface area contributed by atoms with Gasteiger partial charge in [-0.3, -0.25) is 0 Å². The molecule has 5 nitrogen and oxygen atoms in total. The van der Waals surface area contributed by atoms with Gasteiger partial charge in [-0.15, -0.1) is 0 Å². The van der Waals surface area contributed by atoms with Crippen LogP contribution >= 0.6 is 0 Å². The first-order valence-electron chi connectivity index (χ1n) is 8.89. The number of aliphatic hydroxyl groups excluding tert-OH is 1.